The lowest BCUT2D eigenvalue weighted by Crippen LogP contribution is -2.02. The zero-order valence-corrected chi connectivity index (χ0v) is 6.75. The SMILES string of the molecule is N#Cc1ccnc(C(=O)O)c1S. The normalized spacial score (nSPS) is 9.00. The third-order valence-corrected chi connectivity index (χ3v) is 1.70. The summed E-state index contributed by atoms with van der Waals surface area (Å²) in [6, 6.07) is 3.22. The molecule has 0 aliphatic carbocycles. The maximum absolute atomic E-state index is 10.5. The topological polar surface area (TPSA) is 74.0 Å². The Morgan fingerprint density at radius 2 is 2.42 bits per heavy atom. The molecule has 1 heterocycles. The van der Waals surface area contributed by atoms with Crippen LogP contribution in [0.3, 0.4) is 0 Å². The number of nitrogens with zero attached hydrogens (tertiary/aromatic N) is 2. The highest BCUT2D eigenvalue weighted by Crippen LogP contribution is 2.15. The van der Waals surface area contributed by atoms with E-state index >= 15 is 0 Å². The van der Waals surface area contributed by atoms with E-state index in [0.717, 1.165) is 0 Å². The van der Waals surface area contributed by atoms with Crippen molar-refractivity contribution in [2.24, 2.45) is 0 Å². The van der Waals surface area contributed by atoms with E-state index in [1.54, 1.807) is 0 Å². The summed E-state index contributed by atoms with van der Waals surface area (Å²) in [5.41, 5.74) is 0.0168. The van der Waals surface area contributed by atoms with Gasteiger partial charge in [0, 0.05) is 6.20 Å². The number of hydrogen-bond donors (Lipinski definition) is 2. The predicted octanol–water partition coefficient (Wildman–Crippen LogP) is 0.940. The number of thiol groups is 1. The Balaban J connectivity index is 3.35. The number of aromatic nitrogens is 1. The first kappa shape index (κ1) is 8.56. The zero-order valence-electron chi connectivity index (χ0n) is 5.85. The van der Waals surface area contributed by atoms with Crippen molar-refractivity contribution in [2.75, 3.05) is 0 Å². The molecule has 0 bridgehead atoms. The van der Waals surface area contributed by atoms with Gasteiger partial charge < -0.3 is 5.11 Å². The van der Waals surface area contributed by atoms with Crippen LogP contribution >= 0.6 is 12.6 Å². The summed E-state index contributed by atoms with van der Waals surface area (Å²) in [6.45, 7) is 0. The summed E-state index contributed by atoms with van der Waals surface area (Å²) in [7, 11) is 0. The quantitative estimate of drug-likeness (QED) is 0.631. The number of carboxylic acids is 1. The van der Waals surface area contributed by atoms with Gasteiger partial charge in [0.1, 0.15) is 6.07 Å². The molecule has 4 nitrogen and oxygen atoms in total. The average Bonchev–Trinajstić information content (AvgIpc) is 2.04. The van der Waals surface area contributed by atoms with Crippen molar-refractivity contribution in [1.82, 2.24) is 4.98 Å². The fourth-order valence-electron chi connectivity index (χ4n) is 0.701. The Kier molecular flexibility index (Phi) is 2.31. The van der Waals surface area contributed by atoms with Crippen molar-refractivity contribution in [2.45, 2.75) is 4.90 Å². The van der Waals surface area contributed by atoms with Crippen molar-refractivity contribution in [3.63, 3.8) is 0 Å². The largest absolute Gasteiger partial charge is 0.476 e. The third-order valence-electron chi connectivity index (χ3n) is 1.25. The fraction of sp³-hybridized carbons (Fsp3) is 0. The highest BCUT2D eigenvalue weighted by atomic mass is 32.1. The lowest BCUT2D eigenvalue weighted by atomic mass is 10.2. The number of carboxylic acid groups (broad SMARTS) is 1. The number of nitriles is 1. The van der Waals surface area contributed by atoms with Crippen LogP contribution in [-0.4, -0.2) is 16.1 Å². The molecular weight excluding hydrogens is 176 g/mol. The minimum absolute atomic E-state index is 0.104. The molecular formula is C7H4N2O2S. The standard InChI is InChI=1S/C7H4N2O2S/c8-3-4-1-2-9-5(6(4)12)7(10)11/h1-2,12H,(H,10,11). The molecule has 0 aromatic carbocycles. The van der Waals surface area contributed by atoms with E-state index in [-0.39, 0.29) is 16.2 Å². The van der Waals surface area contributed by atoms with Crippen LogP contribution in [0.5, 0.6) is 0 Å². The minimum Gasteiger partial charge on any atom is -0.476 e. The molecule has 0 saturated heterocycles. The molecule has 0 spiro atoms. The van der Waals surface area contributed by atoms with Crippen LogP contribution in [0, 0.1) is 11.3 Å². The van der Waals surface area contributed by atoms with Crippen LogP contribution < -0.4 is 0 Å². The highest BCUT2D eigenvalue weighted by Gasteiger charge is 2.11. The van der Waals surface area contributed by atoms with Gasteiger partial charge in [0.15, 0.2) is 5.69 Å². The second-order valence-corrected chi connectivity index (χ2v) is 2.42. The summed E-state index contributed by atoms with van der Waals surface area (Å²) in [5.74, 6) is -1.18. The lowest BCUT2D eigenvalue weighted by molar-refractivity contribution is 0.0686. The minimum atomic E-state index is -1.18. The fourth-order valence-corrected chi connectivity index (χ4v) is 0.979. The van der Waals surface area contributed by atoms with E-state index < -0.39 is 5.97 Å². The molecule has 0 unspecified atom stereocenters. The maximum atomic E-state index is 10.5. The Morgan fingerprint density at radius 1 is 1.75 bits per heavy atom. The summed E-state index contributed by atoms with van der Waals surface area (Å²) in [4.78, 5) is 14.1. The molecule has 0 amide bonds. The number of aromatic carboxylic acids is 1. The Labute approximate surface area is 73.9 Å². The van der Waals surface area contributed by atoms with Crippen molar-refractivity contribution in [3.05, 3.63) is 23.5 Å². The van der Waals surface area contributed by atoms with Gasteiger partial charge in [-0.25, -0.2) is 9.78 Å². The van der Waals surface area contributed by atoms with Gasteiger partial charge in [-0.3, -0.25) is 0 Å². The molecule has 0 saturated carbocycles. The second-order valence-electron chi connectivity index (χ2n) is 1.97. The van der Waals surface area contributed by atoms with Crippen molar-refractivity contribution >= 4 is 18.6 Å². The van der Waals surface area contributed by atoms with Crippen LogP contribution in [0.2, 0.25) is 0 Å². The van der Waals surface area contributed by atoms with Gasteiger partial charge in [-0.15, -0.1) is 12.6 Å². The van der Waals surface area contributed by atoms with Gasteiger partial charge >= 0.3 is 5.97 Å². The molecule has 0 atom stereocenters. The second kappa shape index (κ2) is 3.24. The highest BCUT2D eigenvalue weighted by molar-refractivity contribution is 7.80. The van der Waals surface area contributed by atoms with Crippen LogP contribution in [0.4, 0.5) is 0 Å². The molecule has 0 fully saturated rings. The molecule has 60 valence electrons. The number of hydrogen-bond acceptors (Lipinski definition) is 4. The number of carbonyl (C=O) groups is 1. The molecule has 0 radical (unpaired) electrons. The van der Waals surface area contributed by atoms with Crippen molar-refractivity contribution in [1.29, 1.82) is 5.26 Å². The zero-order chi connectivity index (χ0) is 9.14. The first-order valence-electron chi connectivity index (χ1n) is 2.98. The van der Waals surface area contributed by atoms with Crippen LogP contribution in [0.15, 0.2) is 17.2 Å². The Morgan fingerprint density at radius 3 is 2.92 bits per heavy atom. The number of rotatable bonds is 1. The Hall–Kier alpha value is -1.54. The number of pyridine rings is 1. The van der Waals surface area contributed by atoms with Gasteiger partial charge in [0.25, 0.3) is 0 Å². The first-order valence-corrected chi connectivity index (χ1v) is 3.43. The van der Waals surface area contributed by atoms with Gasteiger partial charge in [0.05, 0.1) is 10.5 Å². The van der Waals surface area contributed by atoms with Gasteiger partial charge in [0.2, 0.25) is 0 Å². The van der Waals surface area contributed by atoms with Gasteiger partial charge in [-0.2, -0.15) is 5.26 Å². The molecule has 0 aliphatic rings. The smallest absolute Gasteiger partial charge is 0.355 e. The van der Waals surface area contributed by atoms with E-state index in [1.165, 1.54) is 12.3 Å². The van der Waals surface area contributed by atoms with E-state index in [9.17, 15) is 4.79 Å². The summed E-state index contributed by atoms with van der Waals surface area (Å²) >= 11 is 3.86. The molecule has 1 rings (SSSR count). The van der Waals surface area contributed by atoms with E-state index in [1.807, 2.05) is 6.07 Å². The van der Waals surface area contributed by atoms with E-state index in [0.29, 0.717) is 0 Å². The van der Waals surface area contributed by atoms with E-state index in [2.05, 4.69) is 17.6 Å². The summed E-state index contributed by atoms with van der Waals surface area (Å²) < 4.78 is 0. The third kappa shape index (κ3) is 1.38. The van der Waals surface area contributed by atoms with Gasteiger partial charge in [-0.05, 0) is 6.07 Å². The van der Waals surface area contributed by atoms with Crippen LogP contribution in [-0.2, 0) is 0 Å². The average molecular weight is 180 g/mol. The lowest BCUT2D eigenvalue weighted by Gasteiger charge is -1.98. The molecule has 12 heavy (non-hydrogen) atoms. The van der Waals surface area contributed by atoms with Gasteiger partial charge in [-0.1, -0.05) is 0 Å². The molecule has 0 aliphatic heterocycles. The van der Waals surface area contributed by atoms with Crippen LogP contribution in [0.25, 0.3) is 0 Å². The van der Waals surface area contributed by atoms with Crippen molar-refractivity contribution < 1.29 is 9.90 Å². The molecule has 1 aromatic rings. The predicted molar refractivity (Wildman–Crippen MR) is 43.2 cm³/mol. The summed E-state index contributed by atoms with van der Waals surface area (Å²) in [6.07, 6.45) is 1.27. The maximum Gasteiger partial charge on any atom is 0.355 e. The molecule has 5 heteroatoms. The van der Waals surface area contributed by atoms with Crippen LogP contribution in [0.1, 0.15) is 16.1 Å². The monoisotopic (exact) mass is 180 g/mol. The molecule has 1 N–H and O–H groups in total. The molecule has 1 aromatic heterocycles. The summed E-state index contributed by atoms with van der Waals surface area (Å²) in [5, 5.41) is 17.1. The van der Waals surface area contributed by atoms with Crippen molar-refractivity contribution in [3.8, 4) is 6.07 Å². The first-order chi connectivity index (χ1) is 5.66. The Bertz CT molecular complexity index is 370. The van der Waals surface area contributed by atoms with E-state index in [4.69, 9.17) is 10.4 Å².